The van der Waals surface area contributed by atoms with E-state index in [1.165, 1.54) is 77.2 Å². The molecule has 0 heterocycles. The second-order valence-corrected chi connectivity index (χ2v) is 20.1. The van der Waals surface area contributed by atoms with Gasteiger partial charge in [0.25, 0.3) is 0 Å². The first-order valence-corrected chi connectivity index (χ1v) is 27.4. The highest BCUT2D eigenvalue weighted by Crippen LogP contribution is 2.40. The molecule has 0 bridgehead atoms. The minimum absolute atomic E-state index is 1.10. The number of hydrogen-bond donors (Lipinski definition) is 0. The van der Waals surface area contributed by atoms with Crippen molar-refractivity contribution in [3.05, 3.63) is 361 Å². The monoisotopic (exact) mass is 1020 g/mol. The van der Waals surface area contributed by atoms with Crippen LogP contribution in [0.4, 0.5) is 34.1 Å². The van der Waals surface area contributed by atoms with Crippen molar-refractivity contribution in [3.8, 4) is 22.3 Å². The average Bonchev–Trinajstić information content (AvgIpc) is 3.57. The van der Waals surface area contributed by atoms with Crippen molar-refractivity contribution in [2.75, 3.05) is 9.80 Å². The summed E-state index contributed by atoms with van der Waals surface area (Å²) in [7, 11) is 0. The summed E-state index contributed by atoms with van der Waals surface area (Å²) in [6.07, 6.45) is 4.57. The lowest BCUT2D eigenvalue weighted by molar-refractivity contribution is 1.28. The Balaban J connectivity index is 0.744. The third kappa shape index (κ3) is 10.5. The van der Waals surface area contributed by atoms with Gasteiger partial charge in [0, 0.05) is 34.1 Å². The second-order valence-electron chi connectivity index (χ2n) is 20.1. The molecule has 0 N–H and O–H groups in total. The number of fused-ring (bicyclic) bond motifs is 3. The topological polar surface area (TPSA) is 6.48 Å². The maximum atomic E-state index is 2.33. The van der Waals surface area contributed by atoms with Crippen LogP contribution in [0.15, 0.2) is 328 Å². The number of benzene rings is 13. The number of hydrogen-bond acceptors (Lipinski definition) is 2. The lowest BCUT2D eigenvalue weighted by Gasteiger charge is -2.26. The molecule has 0 spiro atoms. The highest BCUT2D eigenvalue weighted by molar-refractivity contribution is 6.09. The Morgan fingerprint density at radius 1 is 0.212 bits per heavy atom. The van der Waals surface area contributed by atoms with Gasteiger partial charge in [0.05, 0.1) is 0 Å². The third-order valence-electron chi connectivity index (χ3n) is 15.0. The van der Waals surface area contributed by atoms with Gasteiger partial charge in [-0.2, -0.15) is 0 Å². The molecular formula is C78H56N2. The van der Waals surface area contributed by atoms with Crippen LogP contribution < -0.4 is 9.80 Å². The first-order chi connectivity index (χ1) is 39.6. The minimum Gasteiger partial charge on any atom is -0.311 e. The van der Waals surface area contributed by atoms with Crippen molar-refractivity contribution in [2.45, 2.75) is 0 Å². The zero-order valence-electron chi connectivity index (χ0n) is 44.2. The summed E-state index contributed by atoms with van der Waals surface area (Å²) in [6.45, 7) is 0. The van der Waals surface area contributed by atoms with Crippen molar-refractivity contribution in [1.82, 2.24) is 0 Å². The summed E-state index contributed by atoms with van der Waals surface area (Å²) in [4.78, 5) is 4.66. The predicted molar refractivity (Wildman–Crippen MR) is 341 cm³/mol. The lowest BCUT2D eigenvalue weighted by atomic mass is 9.95. The molecule has 378 valence electrons. The van der Waals surface area contributed by atoms with Gasteiger partial charge < -0.3 is 9.80 Å². The van der Waals surface area contributed by atoms with Gasteiger partial charge in [-0.25, -0.2) is 0 Å². The van der Waals surface area contributed by atoms with Gasteiger partial charge >= 0.3 is 0 Å². The molecule has 0 aliphatic rings. The van der Waals surface area contributed by atoms with Crippen molar-refractivity contribution in [1.29, 1.82) is 0 Å². The van der Waals surface area contributed by atoms with Crippen LogP contribution in [-0.4, -0.2) is 0 Å². The smallest absolute Gasteiger partial charge is 0.0462 e. The molecule has 0 saturated carbocycles. The summed E-state index contributed by atoms with van der Waals surface area (Å²) >= 11 is 0. The molecular weight excluding hydrogens is 965 g/mol. The Hall–Kier alpha value is -10.5. The van der Waals surface area contributed by atoms with Gasteiger partial charge in [0.1, 0.15) is 0 Å². The van der Waals surface area contributed by atoms with E-state index in [0.29, 0.717) is 0 Å². The molecule has 13 aromatic carbocycles. The fraction of sp³-hybridized carbons (Fsp3) is 0. The Kier molecular flexibility index (Phi) is 13.8. The molecule has 0 radical (unpaired) electrons. The molecule has 13 aromatic rings. The maximum Gasteiger partial charge on any atom is 0.0462 e. The Morgan fingerprint density at radius 3 is 0.762 bits per heavy atom. The molecule has 0 aromatic heterocycles. The molecule has 0 amide bonds. The van der Waals surface area contributed by atoms with Crippen LogP contribution in [0.3, 0.4) is 0 Å². The quantitative estimate of drug-likeness (QED) is 0.0791. The lowest BCUT2D eigenvalue weighted by Crippen LogP contribution is -2.09. The predicted octanol–water partition coefficient (Wildman–Crippen LogP) is 21.4. The van der Waals surface area contributed by atoms with E-state index in [9.17, 15) is 0 Å². The van der Waals surface area contributed by atoms with E-state index < -0.39 is 0 Å². The molecule has 0 aliphatic carbocycles. The highest BCUT2D eigenvalue weighted by atomic mass is 15.1. The van der Waals surface area contributed by atoms with E-state index >= 15 is 0 Å². The SMILES string of the molecule is C(=C(c1ccccc1)c1ccccc1)c1ccc(N(c2ccccc2)c2ccc(-c3ccc4c(ccc5cc(-c6ccc(N(c7ccccc7)c7ccc(C=C(c8ccccc8)c8ccccc8)cc7)cc6)ccc54)c3)cc2)cc1. The summed E-state index contributed by atoms with van der Waals surface area (Å²) in [5, 5.41) is 4.93. The highest BCUT2D eigenvalue weighted by Gasteiger charge is 2.16. The average molecular weight is 1020 g/mol. The van der Waals surface area contributed by atoms with Crippen molar-refractivity contribution >= 4 is 79.0 Å². The third-order valence-corrected chi connectivity index (χ3v) is 15.0. The molecule has 80 heavy (non-hydrogen) atoms. The van der Waals surface area contributed by atoms with Crippen LogP contribution in [0, 0.1) is 0 Å². The number of nitrogens with zero attached hydrogens (tertiary/aromatic N) is 2. The van der Waals surface area contributed by atoms with Gasteiger partial charge in [-0.15, -0.1) is 0 Å². The molecule has 0 atom stereocenters. The van der Waals surface area contributed by atoms with Crippen molar-refractivity contribution in [2.24, 2.45) is 0 Å². The van der Waals surface area contributed by atoms with Gasteiger partial charge in [-0.1, -0.05) is 243 Å². The molecule has 13 rings (SSSR count). The second kappa shape index (κ2) is 22.6. The first-order valence-electron chi connectivity index (χ1n) is 27.4. The van der Waals surface area contributed by atoms with E-state index in [1.54, 1.807) is 0 Å². The van der Waals surface area contributed by atoms with Crippen molar-refractivity contribution in [3.63, 3.8) is 0 Å². The van der Waals surface area contributed by atoms with Gasteiger partial charge in [0.2, 0.25) is 0 Å². The fourth-order valence-electron chi connectivity index (χ4n) is 11.0. The van der Waals surface area contributed by atoms with E-state index in [2.05, 4.69) is 350 Å². The molecule has 0 aliphatic heterocycles. The fourth-order valence-corrected chi connectivity index (χ4v) is 11.0. The molecule has 2 nitrogen and oxygen atoms in total. The van der Waals surface area contributed by atoms with Gasteiger partial charge in [-0.05, 0) is 185 Å². The summed E-state index contributed by atoms with van der Waals surface area (Å²) in [6, 6.07) is 118. The summed E-state index contributed by atoms with van der Waals surface area (Å²) < 4.78 is 0. The van der Waals surface area contributed by atoms with Crippen LogP contribution in [0.25, 0.3) is 67.1 Å². The standard InChI is InChI=1S/C78H56N2/c1-7-19-61(20-8-1)77(62-21-9-2-10-22-62)53-57-31-43-71(44-32-57)79(69-27-15-5-16-28-69)73-47-37-59(38-48-73)65-41-51-75-67(55-65)35-36-68-56-66(42-52-76(68)75)60-39-49-74(50-40-60)80(70-29-17-6-18-30-70)72-45-33-58(34-46-72)54-78(63-23-11-3-12-24-63)64-25-13-4-14-26-64/h1-56H. The Bertz CT molecular complexity index is 3890. The summed E-state index contributed by atoms with van der Waals surface area (Å²) in [5.41, 5.74) is 20.8. The van der Waals surface area contributed by atoms with Crippen LogP contribution >= 0.6 is 0 Å². The first kappa shape index (κ1) is 49.1. The maximum absolute atomic E-state index is 2.33. The van der Waals surface area contributed by atoms with Gasteiger partial charge in [-0.3, -0.25) is 0 Å². The number of para-hydroxylation sites is 2. The normalized spacial score (nSPS) is 11.0. The number of rotatable bonds is 14. The zero-order valence-corrected chi connectivity index (χ0v) is 44.2. The van der Waals surface area contributed by atoms with Crippen LogP contribution in [0.2, 0.25) is 0 Å². The molecule has 0 unspecified atom stereocenters. The van der Waals surface area contributed by atoms with E-state index in [-0.39, 0.29) is 0 Å². The minimum atomic E-state index is 1.10. The van der Waals surface area contributed by atoms with Crippen LogP contribution in [0.1, 0.15) is 33.4 Å². The van der Waals surface area contributed by atoms with E-state index in [0.717, 1.165) is 45.3 Å². The van der Waals surface area contributed by atoms with Crippen molar-refractivity contribution < 1.29 is 0 Å². The van der Waals surface area contributed by atoms with Gasteiger partial charge in [0.15, 0.2) is 0 Å². The number of anilines is 6. The zero-order chi connectivity index (χ0) is 53.5. The molecule has 0 fully saturated rings. The van der Waals surface area contributed by atoms with E-state index in [4.69, 9.17) is 0 Å². The summed E-state index contributed by atoms with van der Waals surface area (Å²) in [5.74, 6) is 0. The Labute approximate surface area is 469 Å². The largest absolute Gasteiger partial charge is 0.311 e. The molecule has 0 saturated heterocycles. The van der Waals surface area contributed by atoms with Crippen LogP contribution in [0.5, 0.6) is 0 Å². The Morgan fingerprint density at radius 2 is 0.463 bits per heavy atom. The van der Waals surface area contributed by atoms with Crippen LogP contribution in [-0.2, 0) is 0 Å². The van der Waals surface area contributed by atoms with E-state index in [1.807, 2.05) is 0 Å². The molecule has 2 heteroatoms.